The average Bonchev–Trinajstić information content (AvgIpc) is 2.67. The van der Waals surface area contributed by atoms with Gasteiger partial charge in [-0.1, -0.05) is 12.1 Å². The quantitative estimate of drug-likeness (QED) is 0.792. The predicted octanol–water partition coefficient (Wildman–Crippen LogP) is 2.81. The van der Waals surface area contributed by atoms with Crippen molar-refractivity contribution in [1.29, 1.82) is 0 Å². The van der Waals surface area contributed by atoms with Crippen molar-refractivity contribution in [2.45, 2.75) is 63.7 Å². The molecule has 0 spiro atoms. The molecule has 3 aliphatic carbocycles. The first-order valence-corrected chi connectivity index (χ1v) is 9.22. The van der Waals surface area contributed by atoms with Crippen LogP contribution in [0.25, 0.3) is 10.8 Å². The first-order valence-electron chi connectivity index (χ1n) is 9.22. The molecule has 4 aliphatic rings. The molecule has 25 heavy (non-hydrogen) atoms. The molecule has 5 heteroatoms. The molecular formula is C20H24BNO3. The Balaban J connectivity index is 1.57. The van der Waals surface area contributed by atoms with Gasteiger partial charge in [-0.15, -0.1) is 0 Å². The van der Waals surface area contributed by atoms with Gasteiger partial charge in [-0.05, 0) is 75.9 Å². The Hall–Kier alpha value is -1.59. The molecule has 1 aliphatic heterocycles. The zero-order chi connectivity index (χ0) is 17.6. The maximum absolute atomic E-state index is 13.1. The first kappa shape index (κ1) is 15.7. The molecule has 0 N–H and O–H groups in total. The lowest BCUT2D eigenvalue weighted by molar-refractivity contribution is -0.0910. The van der Waals surface area contributed by atoms with E-state index in [9.17, 15) is 4.79 Å². The minimum absolute atomic E-state index is 0.107. The van der Waals surface area contributed by atoms with E-state index in [0.29, 0.717) is 0 Å². The fourth-order valence-corrected chi connectivity index (χ4v) is 4.48. The van der Waals surface area contributed by atoms with Crippen LogP contribution in [0.4, 0.5) is 0 Å². The zero-order valence-corrected chi connectivity index (χ0v) is 15.3. The lowest BCUT2D eigenvalue weighted by atomic mass is 9.49. The molecule has 4 nitrogen and oxygen atoms in total. The van der Waals surface area contributed by atoms with Crippen molar-refractivity contribution < 1.29 is 9.31 Å². The van der Waals surface area contributed by atoms with Crippen LogP contribution in [0.15, 0.2) is 35.3 Å². The molecule has 1 saturated heterocycles. The molecule has 0 atom stereocenters. The second-order valence-electron chi connectivity index (χ2n) is 9.13. The summed E-state index contributed by atoms with van der Waals surface area (Å²) in [5, 5.41) is 1.74. The second kappa shape index (κ2) is 4.57. The Morgan fingerprint density at radius 2 is 1.68 bits per heavy atom. The van der Waals surface area contributed by atoms with E-state index < -0.39 is 7.12 Å². The summed E-state index contributed by atoms with van der Waals surface area (Å²) >= 11 is 0. The van der Waals surface area contributed by atoms with Crippen molar-refractivity contribution in [1.82, 2.24) is 4.57 Å². The van der Waals surface area contributed by atoms with Crippen LogP contribution >= 0.6 is 0 Å². The van der Waals surface area contributed by atoms with Crippen LogP contribution < -0.4 is 11.0 Å². The number of rotatable bonds is 2. The van der Waals surface area contributed by atoms with Crippen molar-refractivity contribution in [3.8, 4) is 0 Å². The number of pyridine rings is 1. The van der Waals surface area contributed by atoms with E-state index in [2.05, 4.69) is 6.07 Å². The van der Waals surface area contributed by atoms with E-state index in [4.69, 9.17) is 9.31 Å². The normalized spacial score (nSPS) is 31.7. The largest absolute Gasteiger partial charge is 0.494 e. The van der Waals surface area contributed by atoms with Gasteiger partial charge in [0.2, 0.25) is 0 Å². The molecule has 0 amide bonds. The van der Waals surface area contributed by atoms with Gasteiger partial charge >= 0.3 is 7.12 Å². The topological polar surface area (TPSA) is 40.5 Å². The van der Waals surface area contributed by atoms with Crippen LogP contribution in [0.5, 0.6) is 0 Å². The standard InChI is InChI=1S/C20H24BNO3/c1-18(2)19(3,4)25-21(24-18)15-6-5-14-7-8-22(17(23)16(14)9-15)20-10-13(11-20)12-20/h5-9,13H,10-12H2,1-4H3. The number of aromatic nitrogens is 1. The number of nitrogens with zero attached hydrogens (tertiary/aromatic N) is 1. The number of benzene rings is 1. The van der Waals surface area contributed by atoms with Crippen LogP contribution in [0, 0.1) is 5.92 Å². The summed E-state index contributed by atoms with van der Waals surface area (Å²) in [5.41, 5.74) is 0.383. The first-order chi connectivity index (χ1) is 11.7. The van der Waals surface area contributed by atoms with Crippen molar-refractivity contribution in [2.24, 2.45) is 5.92 Å². The number of fused-ring (bicyclic) bond motifs is 1. The number of hydrogen-bond donors (Lipinski definition) is 0. The number of hydrogen-bond acceptors (Lipinski definition) is 3. The molecule has 6 rings (SSSR count). The average molecular weight is 337 g/mol. The Morgan fingerprint density at radius 3 is 2.24 bits per heavy atom. The highest BCUT2D eigenvalue weighted by Gasteiger charge is 2.58. The maximum Gasteiger partial charge on any atom is 0.494 e. The minimum Gasteiger partial charge on any atom is -0.399 e. The highest BCUT2D eigenvalue weighted by Crippen LogP contribution is 2.61. The summed E-state index contributed by atoms with van der Waals surface area (Å²) in [4.78, 5) is 13.1. The predicted molar refractivity (Wildman–Crippen MR) is 99.2 cm³/mol. The molecule has 130 valence electrons. The summed E-state index contributed by atoms with van der Waals surface area (Å²) in [6.07, 6.45) is 5.47. The summed E-state index contributed by atoms with van der Waals surface area (Å²) in [7, 11) is -0.433. The summed E-state index contributed by atoms with van der Waals surface area (Å²) in [5.74, 6) is 0.846. The zero-order valence-electron chi connectivity index (χ0n) is 15.3. The van der Waals surface area contributed by atoms with Crippen molar-refractivity contribution in [3.63, 3.8) is 0 Å². The Labute approximate surface area is 148 Å². The summed E-state index contributed by atoms with van der Waals surface area (Å²) in [6.45, 7) is 8.18. The van der Waals surface area contributed by atoms with E-state index in [1.807, 2.05) is 56.7 Å². The fourth-order valence-electron chi connectivity index (χ4n) is 4.48. The van der Waals surface area contributed by atoms with Crippen molar-refractivity contribution in [3.05, 3.63) is 40.8 Å². The lowest BCUT2D eigenvalue weighted by Gasteiger charge is -2.62. The summed E-state index contributed by atoms with van der Waals surface area (Å²) in [6, 6.07) is 8.03. The van der Waals surface area contributed by atoms with Crippen LogP contribution in [-0.2, 0) is 14.8 Å². The SMILES string of the molecule is CC1(C)OB(c2ccc3ccn(C45CC(C4)C5)c(=O)c3c2)OC1(C)C. The molecule has 1 aromatic carbocycles. The Bertz CT molecular complexity index is 913. The molecule has 2 aromatic rings. The van der Waals surface area contributed by atoms with E-state index in [1.54, 1.807) is 0 Å². The van der Waals surface area contributed by atoms with Gasteiger partial charge in [0, 0.05) is 17.1 Å². The van der Waals surface area contributed by atoms with Gasteiger partial charge in [0.05, 0.1) is 11.2 Å². The second-order valence-corrected chi connectivity index (χ2v) is 9.13. The van der Waals surface area contributed by atoms with Crippen LogP contribution in [0.1, 0.15) is 47.0 Å². The monoisotopic (exact) mass is 337 g/mol. The molecule has 2 heterocycles. The highest BCUT2D eigenvalue weighted by atomic mass is 16.7. The molecular weight excluding hydrogens is 313 g/mol. The van der Waals surface area contributed by atoms with Crippen LogP contribution in [0.3, 0.4) is 0 Å². The van der Waals surface area contributed by atoms with Gasteiger partial charge in [-0.3, -0.25) is 4.79 Å². The smallest absolute Gasteiger partial charge is 0.399 e. The van der Waals surface area contributed by atoms with Crippen LogP contribution in [-0.4, -0.2) is 22.9 Å². The fraction of sp³-hybridized carbons (Fsp3) is 0.550. The lowest BCUT2D eigenvalue weighted by Crippen LogP contribution is -2.61. The van der Waals surface area contributed by atoms with Gasteiger partial charge in [0.25, 0.3) is 5.56 Å². The molecule has 1 aromatic heterocycles. The summed E-state index contributed by atoms with van der Waals surface area (Å²) < 4.78 is 14.3. The van der Waals surface area contributed by atoms with Crippen LogP contribution in [0.2, 0.25) is 0 Å². The van der Waals surface area contributed by atoms with Gasteiger partial charge < -0.3 is 13.9 Å². The third-order valence-electron chi connectivity index (χ3n) is 6.97. The van der Waals surface area contributed by atoms with E-state index in [1.165, 1.54) is 0 Å². The minimum atomic E-state index is -0.433. The van der Waals surface area contributed by atoms with Crippen molar-refractivity contribution >= 4 is 23.4 Å². The molecule has 4 fully saturated rings. The molecule has 3 saturated carbocycles. The highest BCUT2D eigenvalue weighted by molar-refractivity contribution is 6.62. The Morgan fingerprint density at radius 1 is 1.04 bits per heavy atom. The van der Waals surface area contributed by atoms with Gasteiger partial charge in [-0.25, -0.2) is 0 Å². The molecule has 0 radical (unpaired) electrons. The van der Waals surface area contributed by atoms with E-state index >= 15 is 0 Å². The maximum atomic E-state index is 13.1. The van der Waals surface area contributed by atoms with Gasteiger partial charge in [0.15, 0.2) is 0 Å². The van der Waals surface area contributed by atoms with Crippen molar-refractivity contribution in [2.75, 3.05) is 0 Å². The Kier molecular flexibility index (Phi) is 2.86. The molecule has 2 bridgehead atoms. The van der Waals surface area contributed by atoms with Gasteiger partial charge in [-0.2, -0.15) is 0 Å². The van der Waals surface area contributed by atoms with Gasteiger partial charge in [0.1, 0.15) is 0 Å². The third-order valence-corrected chi connectivity index (χ3v) is 6.97. The molecule has 0 unspecified atom stereocenters. The van der Waals surface area contributed by atoms with E-state index in [0.717, 1.165) is 41.4 Å². The third kappa shape index (κ3) is 2.00. The van der Waals surface area contributed by atoms with E-state index in [-0.39, 0.29) is 22.3 Å².